The number of benzene rings is 16. The number of rotatable bonds is 7. The summed E-state index contributed by atoms with van der Waals surface area (Å²) in [7, 11) is 0. The molecule has 18 aromatic rings. The van der Waals surface area contributed by atoms with Gasteiger partial charge >= 0.3 is 0 Å². The molecule has 1 aliphatic carbocycles. The summed E-state index contributed by atoms with van der Waals surface area (Å²) < 4.78 is 5.23. The van der Waals surface area contributed by atoms with Crippen LogP contribution in [0.5, 0.6) is 0 Å². The van der Waals surface area contributed by atoms with E-state index in [2.05, 4.69) is 368 Å². The van der Waals surface area contributed by atoms with Crippen molar-refractivity contribution in [2.24, 2.45) is 0 Å². The smallest absolute Gasteiger partial charge is 0.252 e. The molecule has 21 rings (SSSR count). The van der Waals surface area contributed by atoms with E-state index in [1.165, 1.54) is 148 Å². The lowest BCUT2D eigenvalue weighted by Crippen LogP contribution is -2.60. The molecular weight excluding hydrogens is 1190 g/mol. The molecule has 4 heteroatoms. The minimum atomic E-state index is -0.669. The third-order valence-electron chi connectivity index (χ3n) is 22.4. The first-order chi connectivity index (χ1) is 48.8. The van der Waals surface area contributed by atoms with E-state index < -0.39 is 5.41 Å². The fourth-order valence-corrected chi connectivity index (χ4v) is 18.3. The number of aromatic nitrogens is 2. The fraction of sp³-hybridized carbons (Fsp3) is 0.0526. The average molecular weight is 1260 g/mol. The molecule has 0 spiro atoms. The van der Waals surface area contributed by atoms with Crippen LogP contribution in [-0.2, 0) is 10.8 Å². The molecule has 462 valence electrons. The highest BCUT2D eigenvalue weighted by Crippen LogP contribution is 2.60. The standard InChI is InChI=1S/C95H64BN3/c1-94(2,3)65-54-75(59-29-9-4-10-30-59)92(76(55-65)60-31-11-5-12-32-60)99-86-56-78-72-43-24-27-47-83(72)97(66-37-17-8-18-38-66)85(78)58-81(86)96-82-57-80-89(73-44-23-26-46-79(73)95(80,63-33-13-6-14-34-63)64-35-15-7-16-36-64)90-74-45-25-28-48-84(74)98(93(82)90)87-52-62(53-88(99)91(87)96)61-49-50-71-69-41-20-19-39-67(69)68-40-21-22-42-70(68)77(71)51-61/h4-58H,1-3H3. The van der Waals surface area contributed by atoms with Gasteiger partial charge in [0, 0.05) is 55.4 Å². The van der Waals surface area contributed by atoms with Gasteiger partial charge in [0.1, 0.15) is 0 Å². The fourth-order valence-electron chi connectivity index (χ4n) is 18.3. The van der Waals surface area contributed by atoms with Gasteiger partial charge in [-0.3, -0.25) is 0 Å². The van der Waals surface area contributed by atoms with Crippen molar-refractivity contribution in [1.29, 1.82) is 0 Å². The average Bonchev–Trinajstić information content (AvgIpc) is 1.54. The first-order valence-corrected chi connectivity index (χ1v) is 34.8. The topological polar surface area (TPSA) is 13.1 Å². The second kappa shape index (κ2) is 20.9. The van der Waals surface area contributed by atoms with E-state index in [1.54, 1.807) is 0 Å². The van der Waals surface area contributed by atoms with Crippen LogP contribution in [0.25, 0.3) is 132 Å². The molecule has 0 bridgehead atoms. The number of nitrogens with zero attached hydrogens (tertiary/aromatic N) is 3. The second-order valence-corrected chi connectivity index (χ2v) is 28.6. The van der Waals surface area contributed by atoms with E-state index in [9.17, 15) is 0 Å². The molecule has 0 N–H and O–H groups in total. The van der Waals surface area contributed by atoms with Crippen molar-refractivity contribution in [1.82, 2.24) is 9.13 Å². The van der Waals surface area contributed by atoms with E-state index in [4.69, 9.17) is 0 Å². The molecule has 0 saturated heterocycles. The van der Waals surface area contributed by atoms with E-state index in [0.29, 0.717) is 0 Å². The summed E-state index contributed by atoms with van der Waals surface area (Å²) in [5.41, 5.74) is 29.5. The Balaban J connectivity index is 0.986. The van der Waals surface area contributed by atoms with Gasteiger partial charge in [-0.15, -0.1) is 0 Å². The van der Waals surface area contributed by atoms with Crippen LogP contribution in [0.2, 0.25) is 0 Å². The van der Waals surface area contributed by atoms with E-state index in [0.717, 1.165) is 45.0 Å². The van der Waals surface area contributed by atoms with E-state index >= 15 is 0 Å². The summed E-state index contributed by atoms with van der Waals surface area (Å²) >= 11 is 0. The van der Waals surface area contributed by atoms with Crippen molar-refractivity contribution in [3.8, 4) is 55.9 Å². The van der Waals surface area contributed by atoms with Gasteiger partial charge < -0.3 is 14.0 Å². The van der Waals surface area contributed by atoms with Gasteiger partial charge in [-0.05, 0) is 182 Å². The van der Waals surface area contributed by atoms with Gasteiger partial charge in [0.2, 0.25) is 0 Å². The zero-order valence-corrected chi connectivity index (χ0v) is 55.2. The van der Waals surface area contributed by atoms with Crippen LogP contribution in [0.3, 0.4) is 0 Å². The van der Waals surface area contributed by atoms with Crippen LogP contribution in [-0.4, -0.2) is 15.8 Å². The minimum Gasteiger partial charge on any atom is -0.310 e. The Morgan fingerprint density at radius 3 is 1.43 bits per heavy atom. The van der Waals surface area contributed by atoms with E-state index in [1.807, 2.05) is 0 Å². The lowest BCUT2D eigenvalue weighted by atomic mass is 9.33. The maximum absolute atomic E-state index is 2.75. The molecule has 0 radical (unpaired) electrons. The number of fused-ring (bicyclic) bond motifs is 20. The van der Waals surface area contributed by atoms with Gasteiger partial charge in [-0.1, -0.05) is 288 Å². The molecule has 0 saturated carbocycles. The van der Waals surface area contributed by atoms with Crippen LogP contribution in [0.4, 0.5) is 17.1 Å². The molecule has 3 nitrogen and oxygen atoms in total. The quantitative estimate of drug-likeness (QED) is 0.114. The number of hydrogen-bond donors (Lipinski definition) is 0. The molecule has 0 fully saturated rings. The Morgan fingerprint density at radius 1 is 0.313 bits per heavy atom. The Labute approximate surface area is 575 Å². The van der Waals surface area contributed by atoms with Gasteiger partial charge in [0.15, 0.2) is 0 Å². The van der Waals surface area contributed by atoms with Crippen molar-refractivity contribution < 1.29 is 0 Å². The molecule has 4 heterocycles. The first kappa shape index (κ1) is 56.0. The van der Waals surface area contributed by atoms with Gasteiger partial charge in [-0.2, -0.15) is 0 Å². The maximum atomic E-state index is 2.75. The third kappa shape index (κ3) is 7.80. The van der Waals surface area contributed by atoms with Crippen LogP contribution < -0.4 is 21.3 Å². The summed E-state index contributed by atoms with van der Waals surface area (Å²) in [4.78, 5) is 2.75. The highest BCUT2D eigenvalue weighted by molar-refractivity contribution is 7.00. The van der Waals surface area contributed by atoms with Crippen molar-refractivity contribution in [3.63, 3.8) is 0 Å². The monoisotopic (exact) mass is 1260 g/mol. The molecule has 0 unspecified atom stereocenters. The Hall–Kier alpha value is -12.2. The minimum absolute atomic E-state index is 0.189. The highest BCUT2D eigenvalue weighted by Gasteiger charge is 2.51. The predicted molar refractivity (Wildman–Crippen MR) is 419 cm³/mol. The zero-order chi connectivity index (χ0) is 65.4. The molecule has 0 amide bonds. The largest absolute Gasteiger partial charge is 0.310 e. The van der Waals surface area contributed by atoms with Crippen LogP contribution in [0, 0.1) is 0 Å². The molecule has 2 aliphatic heterocycles. The normalized spacial score (nSPS) is 13.4. The number of hydrogen-bond acceptors (Lipinski definition) is 1. The Kier molecular flexibility index (Phi) is 11.8. The molecule has 2 aromatic heterocycles. The predicted octanol–water partition coefficient (Wildman–Crippen LogP) is 22.6. The van der Waals surface area contributed by atoms with Crippen molar-refractivity contribution in [3.05, 3.63) is 361 Å². The Morgan fingerprint density at radius 2 is 0.818 bits per heavy atom. The number of anilines is 3. The van der Waals surface area contributed by atoms with E-state index in [-0.39, 0.29) is 12.1 Å². The van der Waals surface area contributed by atoms with Crippen molar-refractivity contribution in [2.75, 3.05) is 4.90 Å². The Bertz CT molecular complexity index is 6300. The summed E-state index contributed by atoms with van der Waals surface area (Å²) in [5, 5.41) is 12.5. The number of para-hydroxylation sites is 3. The molecule has 0 atom stereocenters. The van der Waals surface area contributed by atoms with Crippen LogP contribution in [0.15, 0.2) is 334 Å². The zero-order valence-electron chi connectivity index (χ0n) is 55.2. The van der Waals surface area contributed by atoms with Gasteiger partial charge in [0.25, 0.3) is 6.71 Å². The summed E-state index contributed by atoms with van der Waals surface area (Å²) in [6.45, 7) is 6.82. The van der Waals surface area contributed by atoms with Gasteiger partial charge in [-0.25, -0.2) is 0 Å². The first-order valence-electron chi connectivity index (χ1n) is 34.8. The summed E-state index contributed by atoms with van der Waals surface area (Å²) in [5.74, 6) is 0. The molecule has 16 aromatic carbocycles. The van der Waals surface area contributed by atoms with Crippen molar-refractivity contribution >= 4 is 116 Å². The summed E-state index contributed by atoms with van der Waals surface area (Å²) in [6, 6.07) is 127. The summed E-state index contributed by atoms with van der Waals surface area (Å²) in [6.07, 6.45) is 0. The van der Waals surface area contributed by atoms with Gasteiger partial charge in [0.05, 0.1) is 33.2 Å². The third-order valence-corrected chi connectivity index (χ3v) is 22.4. The maximum Gasteiger partial charge on any atom is 0.252 e. The lowest BCUT2D eigenvalue weighted by molar-refractivity contribution is 0.591. The SMILES string of the molecule is CC(C)(C)c1cc(-c2ccccc2)c(N2c3cc4c5ccccc5n(-c5ccccc5)c4cc3B3c4c2cc(-c2ccc5c6ccccc6c6ccccc6c5c2)cc4-n2c4ccccc4c4c5c(cc3c42)C(c2ccccc2)(c2ccccc2)c2ccccc2-5)c(-c2ccccc2)c1. The molecule has 3 aliphatic rings. The second-order valence-electron chi connectivity index (χ2n) is 28.6. The lowest BCUT2D eigenvalue weighted by Gasteiger charge is -2.43. The molecule has 99 heavy (non-hydrogen) atoms. The van der Waals surface area contributed by atoms with Crippen LogP contribution in [0.1, 0.15) is 48.6 Å². The highest BCUT2D eigenvalue weighted by atomic mass is 15.2. The van der Waals surface area contributed by atoms with Crippen LogP contribution >= 0.6 is 0 Å². The molecular formula is C95H64BN3. The van der Waals surface area contributed by atoms with Crippen molar-refractivity contribution in [2.45, 2.75) is 31.6 Å².